The number of rotatable bonds is 6. The monoisotopic (exact) mass is 259 g/mol. The van der Waals surface area contributed by atoms with Crippen molar-refractivity contribution in [2.75, 3.05) is 13.7 Å². The molecule has 1 atom stereocenters. The van der Waals surface area contributed by atoms with Gasteiger partial charge in [-0.25, -0.2) is 9.59 Å². The third-order valence-corrected chi connectivity index (χ3v) is 2.69. The van der Waals surface area contributed by atoms with Crippen molar-refractivity contribution in [1.29, 1.82) is 0 Å². The topological polar surface area (TPSA) is 101 Å². The van der Waals surface area contributed by atoms with E-state index in [0.29, 0.717) is 6.54 Å². The number of carboxylic acid groups (broad SMARTS) is 1. The SMILES string of the molecule is COC(CNC(=O)NCc1cncs1)C(=O)O. The fraction of sp³-hybridized carbons (Fsp3) is 0.444. The van der Waals surface area contributed by atoms with Crippen LogP contribution in [0.2, 0.25) is 0 Å². The van der Waals surface area contributed by atoms with Crippen LogP contribution in [0, 0.1) is 0 Å². The quantitative estimate of drug-likeness (QED) is 0.669. The third kappa shape index (κ3) is 4.79. The zero-order valence-electron chi connectivity index (χ0n) is 9.17. The first kappa shape index (κ1) is 13.4. The Morgan fingerprint density at radius 1 is 1.59 bits per heavy atom. The van der Waals surface area contributed by atoms with Crippen LogP contribution in [-0.2, 0) is 16.1 Å². The minimum atomic E-state index is -1.12. The summed E-state index contributed by atoms with van der Waals surface area (Å²) in [6.45, 7) is 0.279. The lowest BCUT2D eigenvalue weighted by Gasteiger charge is -2.11. The molecule has 17 heavy (non-hydrogen) atoms. The second-order valence-corrected chi connectivity index (χ2v) is 4.06. The van der Waals surface area contributed by atoms with Gasteiger partial charge in [-0.15, -0.1) is 11.3 Å². The average molecular weight is 259 g/mol. The van der Waals surface area contributed by atoms with Crippen molar-refractivity contribution in [3.05, 3.63) is 16.6 Å². The molecule has 3 N–H and O–H groups in total. The summed E-state index contributed by atoms with van der Waals surface area (Å²) in [5.41, 5.74) is 1.67. The fourth-order valence-electron chi connectivity index (χ4n) is 1.02. The molecule has 1 unspecified atom stereocenters. The molecule has 94 valence electrons. The minimum absolute atomic E-state index is 0.0830. The number of carbonyl (C=O) groups is 2. The lowest BCUT2D eigenvalue weighted by molar-refractivity contribution is -0.147. The van der Waals surface area contributed by atoms with E-state index >= 15 is 0 Å². The van der Waals surface area contributed by atoms with Gasteiger partial charge in [-0.1, -0.05) is 0 Å². The van der Waals surface area contributed by atoms with Crippen LogP contribution in [0.5, 0.6) is 0 Å². The number of aliphatic carboxylic acids is 1. The van der Waals surface area contributed by atoms with E-state index in [9.17, 15) is 9.59 Å². The highest BCUT2D eigenvalue weighted by atomic mass is 32.1. The summed E-state index contributed by atoms with van der Waals surface area (Å²) in [6.07, 6.45) is 0.615. The Morgan fingerprint density at radius 3 is 2.88 bits per heavy atom. The first-order valence-corrected chi connectivity index (χ1v) is 5.66. The predicted molar refractivity (Wildman–Crippen MR) is 60.8 cm³/mol. The molecule has 0 aliphatic rings. The van der Waals surface area contributed by atoms with Crippen LogP contribution in [0.25, 0.3) is 0 Å². The number of carbonyl (C=O) groups excluding carboxylic acids is 1. The molecular formula is C9H13N3O4S. The van der Waals surface area contributed by atoms with Gasteiger partial charge in [-0.2, -0.15) is 0 Å². The van der Waals surface area contributed by atoms with E-state index < -0.39 is 18.1 Å². The number of methoxy groups -OCH3 is 1. The second-order valence-electron chi connectivity index (χ2n) is 3.09. The van der Waals surface area contributed by atoms with Gasteiger partial charge < -0.3 is 20.5 Å². The van der Waals surface area contributed by atoms with Crippen molar-refractivity contribution < 1.29 is 19.4 Å². The maximum absolute atomic E-state index is 11.3. The molecule has 0 radical (unpaired) electrons. The molecule has 8 heteroatoms. The first-order valence-electron chi connectivity index (χ1n) is 4.78. The Labute approximate surface area is 102 Å². The Kier molecular flexibility index (Phi) is 5.37. The number of amides is 2. The molecular weight excluding hydrogens is 246 g/mol. The molecule has 1 aromatic rings. The molecule has 0 saturated carbocycles. The molecule has 1 rings (SSSR count). The highest BCUT2D eigenvalue weighted by Crippen LogP contribution is 2.03. The molecule has 0 spiro atoms. The molecule has 0 bridgehead atoms. The molecule has 1 heterocycles. The summed E-state index contributed by atoms with van der Waals surface area (Å²) >= 11 is 1.43. The molecule has 0 fully saturated rings. The molecule has 0 aliphatic carbocycles. The van der Waals surface area contributed by atoms with E-state index in [0.717, 1.165) is 4.88 Å². The number of nitrogens with one attached hydrogen (secondary N) is 2. The Bertz CT molecular complexity index is 368. The van der Waals surface area contributed by atoms with Crippen LogP contribution in [0.1, 0.15) is 4.88 Å². The van der Waals surface area contributed by atoms with Crippen LogP contribution in [0.3, 0.4) is 0 Å². The van der Waals surface area contributed by atoms with Gasteiger partial charge in [0.15, 0.2) is 6.10 Å². The number of nitrogens with zero attached hydrogens (tertiary/aromatic N) is 1. The fourth-order valence-corrected chi connectivity index (χ4v) is 1.55. The predicted octanol–water partition coefficient (Wildman–Crippen LogP) is 0.0419. The van der Waals surface area contributed by atoms with Crippen molar-refractivity contribution in [2.45, 2.75) is 12.6 Å². The Balaban J connectivity index is 2.23. The van der Waals surface area contributed by atoms with E-state index in [4.69, 9.17) is 5.11 Å². The summed E-state index contributed by atoms with van der Waals surface area (Å²) in [7, 11) is 1.27. The normalized spacial score (nSPS) is 11.8. The van der Waals surface area contributed by atoms with Gasteiger partial charge in [0.25, 0.3) is 0 Å². The third-order valence-electron chi connectivity index (χ3n) is 1.91. The number of hydrogen-bond donors (Lipinski definition) is 3. The zero-order chi connectivity index (χ0) is 12.7. The van der Waals surface area contributed by atoms with Crippen LogP contribution < -0.4 is 10.6 Å². The van der Waals surface area contributed by atoms with Crippen LogP contribution in [0.15, 0.2) is 11.7 Å². The first-order chi connectivity index (χ1) is 8.13. The standard InChI is InChI=1S/C9H13N3O4S/c1-16-7(8(13)14)4-12-9(15)11-3-6-2-10-5-17-6/h2,5,7H,3-4H2,1H3,(H,13,14)(H2,11,12,15). The van der Waals surface area contributed by atoms with Gasteiger partial charge in [0.05, 0.1) is 18.6 Å². The van der Waals surface area contributed by atoms with Crippen molar-refractivity contribution >= 4 is 23.3 Å². The molecule has 0 aliphatic heterocycles. The molecule has 2 amide bonds. The number of urea groups is 1. The number of ether oxygens (including phenoxy) is 1. The van der Waals surface area contributed by atoms with Crippen LogP contribution >= 0.6 is 11.3 Å². The maximum Gasteiger partial charge on any atom is 0.334 e. The van der Waals surface area contributed by atoms with Crippen molar-refractivity contribution in [2.24, 2.45) is 0 Å². The van der Waals surface area contributed by atoms with Gasteiger partial charge in [-0.05, 0) is 0 Å². The van der Waals surface area contributed by atoms with Gasteiger partial charge in [-0.3, -0.25) is 4.98 Å². The number of aromatic nitrogens is 1. The Morgan fingerprint density at radius 2 is 2.35 bits per heavy atom. The number of hydrogen-bond acceptors (Lipinski definition) is 5. The zero-order valence-corrected chi connectivity index (χ0v) is 9.99. The molecule has 0 aromatic carbocycles. The maximum atomic E-state index is 11.3. The van der Waals surface area contributed by atoms with E-state index in [2.05, 4.69) is 20.4 Å². The van der Waals surface area contributed by atoms with Crippen molar-refractivity contribution in [3.8, 4) is 0 Å². The van der Waals surface area contributed by atoms with Gasteiger partial charge in [0, 0.05) is 18.2 Å². The van der Waals surface area contributed by atoms with E-state index in [1.807, 2.05) is 0 Å². The highest BCUT2D eigenvalue weighted by Gasteiger charge is 2.16. The van der Waals surface area contributed by atoms with Gasteiger partial charge >= 0.3 is 12.0 Å². The number of thiazole rings is 1. The summed E-state index contributed by atoms with van der Waals surface area (Å²) in [4.78, 5) is 26.7. The largest absolute Gasteiger partial charge is 0.479 e. The average Bonchev–Trinajstić information content (AvgIpc) is 2.79. The summed E-state index contributed by atoms with van der Waals surface area (Å²) in [6, 6.07) is -0.443. The van der Waals surface area contributed by atoms with Crippen molar-refractivity contribution in [1.82, 2.24) is 15.6 Å². The van der Waals surface area contributed by atoms with E-state index in [-0.39, 0.29) is 6.54 Å². The smallest absolute Gasteiger partial charge is 0.334 e. The van der Waals surface area contributed by atoms with Crippen LogP contribution in [-0.4, -0.2) is 41.8 Å². The van der Waals surface area contributed by atoms with Crippen LogP contribution in [0.4, 0.5) is 4.79 Å². The number of carboxylic acids is 1. The van der Waals surface area contributed by atoms with E-state index in [1.54, 1.807) is 11.7 Å². The second kappa shape index (κ2) is 6.81. The van der Waals surface area contributed by atoms with Gasteiger partial charge in [0.2, 0.25) is 0 Å². The molecule has 0 saturated heterocycles. The lowest BCUT2D eigenvalue weighted by Crippen LogP contribution is -2.42. The summed E-state index contributed by atoms with van der Waals surface area (Å²) in [5.74, 6) is -1.12. The Hall–Kier alpha value is -1.67. The summed E-state index contributed by atoms with van der Waals surface area (Å²) in [5, 5.41) is 13.6. The lowest BCUT2D eigenvalue weighted by atomic mass is 10.3. The summed E-state index contributed by atoms with van der Waals surface area (Å²) < 4.78 is 4.66. The minimum Gasteiger partial charge on any atom is -0.479 e. The molecule has 7 nitrogen and oxygen atoms in total. The highest BCUT2D eigenvalue weighted by molar-refractivity contribution is 7.09. The van der Waals surface area contributed by atoms with E-state index in [1.165, 1.54) is 18.4 Å². The van der Waals surface area contributed by atoms with Gasteiger partial charge in [0.1, 0.15) is 0 Å². The molecule has 1 aromatic heterocycles. The van der Waals surface area contributed by atoms with Crippen molar-refractivity contribution in [3.63, 3.8) is 0 Å².